The van der Waals surface area contributed by atoms with Crippen LogP contribution in [0.25, 0.3) is 0 Å². The van der Waals surface area contributed by atoms with Gasteiger partial charge in [-0.2, -0.15) is 0 Å². The number of rotatable bonds is 4. The summed E-state index contributed by atoms with van der Waals surface area (Å²) in [4.78, 5) is 2.47. The Labute approximate surface area is 118 Å². The van der Waals surface area contributed by atoms with Crippen molar-refractivity contribution in [3.05, 3.63) is 24.3 Å². The number of ether oxygens (including phenoxy) is 1. The second-order valence-corrected chi connectivity index (χ2v) is 7.68. The van der Waals surface area contributed by atoms with Crippen LogP contribution >= 0.6 is 0 Å². The fraction of sp³-hybridized carbons (Fsp3) is 0.647. The van der Waals surface area contributed by atoms with Crippen molar-refractivity contribution in [1.29, 1.82) is 0 Å². The lowest BCUT2D eigenvalue weighted by Crippen LogP contribution is -2.38. The summed E-state index contributed by atoms with van der Waals surface area (Å²) in [6.45, 7) is 15.8. The normalized spacial score (nSPS) is 12.4. The Morgan fingerprint density at radius 1 is 0.842 bits per heavy atom. The van der Waals surface area contributed by atoms with E-state index in [-0.39, 0.29) is 10.8 Å². The Hall–Kier alpha value is -1.18. The summed E-state index contributed by atoms with van der Waals surface area (Å²) in [6.07, 6.45) is 0. The van der Waals surface area contributed by atoms with Gasteiger partial charge in [0.1, 0.15) is 5.75 Å². The SMILES string of the molecule is COc1ccc(N(CC(C)(C)C)CC(C)(C)C)cc1. The molecule has 1 aromatic carbocycles. The van der Waals surface area contributed by atoms with Crippen LogP contribution in [0.1, 0.15) is 41.5 Å². The predicted molar refractivity (Wildman–Crippen MR) is 84.1 cm³/mol. The zero-order valence-electron chi connectivity index (χ0n) is 13.6. The molecule has 1 aromatic rings. The summed E-state index contributed by atoms with van der Waals surface area (Å²) < 4.78 is 5.23. The van der Waals surface area contributed by atoms with Gasteiger partial charge in [0, 0.05) is 18.8 Å². The Kier molecular flexibility index (Phi) is 4.89. The second-order valence-electron chi connectivity index (χ2n) is 7.68. The first-order chi connectivity index (χ1) is 8.61. The van der Waals surface area contributed by atoms with Gasteiger partial charge < -0.3 is 9.64 Å². The summed E-state index contributed by atoms with van der Waals surface area (Å²) >= 11 is 0. The van der Waals surface area contributed by atoms with Crippen molar-refractivity contribution >= 4 is 5.69 Å². The van der Waals surface area contributed by atoms with E-state index < -0.39 is 0 Å². The molecule has 0 heterocycles. The molecule has 0 N–H and O–H groups in total. The van der Waals surface area contributed by atoms with Crippen molar-refractivity contribution in [2.75, 3.05) is 25.1 Å². The first-order valence-electron chi connectivity index (χ1n) is 7.00. The minimum absolute atomic E-state index is 0.283. The number of hydrogen-bond donors (Lipinski definition) is 0. The molecule has 0 aliphatic heterocycles. The fourth-order valence-corrected chi connectivity index (χ4v) is 2.18. The molecule has 108 valence electrons. The average molecular weight is 263 g/mol. The monoisotopic (exact) mass is 263 g/mol. The molecule has 0 aliphatic carbocycles. The van der Waals surface area contributed by atoms with Crippen molar-refractivity contribution in [2.45, 2.75) is 41.5 Å². The van der Waals surface area contributed by atoms with Gasteiger partial charge in [0.15, 0.2) is 0 Å². The zero-order chi connectivity index (χ0) is 14.7. The second kappa shape index (κ2) is 5.85. The molecular weight excluding hydrogens is 234 g/mol. The maximum atomic E-state index is 5.23. The Morgan fingerprint density at radius 2 is 1.26 bits per heavy atom. The van der Waals surface area contributed by atoms with Gasteiger partial charge in [-0.15, -0.1) is 0 Å². The van der Waals surface area contributed by atoms with E-state index in [4.69, 9.17) is 4.74 Å². The van der Waals surface area contributed by atoms with Gasteiger partial charge in [-0.3, -0.25) is 0 Å². The third-order valence-corrected chi connectivity index (χ3v) is 2.77. The molecule has 0 atom stereocenters. The van der Waals surface area contributed by atoms with E-state index in [9.17, 15) is 0 Å². The predicted octanol–water partition coefficient (Wildman–Crippen LogP) is 4.59. The highest BCUT2D eigenvalue weighted by Crippen LogP contribution is 2.27. The Morgan fingerprint density at radius 3 is 1.58 bits per heavy atom. The lowest BCUT2D eigenvalue weighted by Gasteiger charge is -2.36. The largest absolute Gasteiger partial charge is 0.497 e. The molecule has 0 radical (unpaired) electrons. The maximum absolute atomic E-state index is 5.23. The molecule has 0 saturated heterocycles. The van der Waals surface area contributed by atoms with E-state index in [2.05, 4.69) is 58.6 Å². The summed E-state index contributed by atoms with van der Waals surface area (Å²) in [5, 5.41) is 0. The number of anilines is 1. The number of benzene rings is 1. The van der Waals surface area contributed by atoms with Gasteiger partial charge in [0.05, 0.1) is 7.11 Å². The lowest BCUT2D eigenvalue weighted by molar-refractivity contribution is 0.357. The number of hydrogen-bond acceptors (Lipinski definition) is 2. The lowest BCUT2D eigenvalue weighted by atomic mass is 9.91. The van der Waals surface area contributed by atoms with Crippen molar-refractivity contribution < 1.29 is 4.74 Å². The quantitative estimate of drug-likeness (QED) is 0.787. The molecule has 0 bridgehead atoms. The molecule has 2 heteroatoms. The summed E-state index contributed by atoms with van der Waals surface area (Å²) in [6, 6.07) is 8.37. The van der Waals surface area contributed by atoms with Crippen molar-refractivity contribution in [3.63, 3.8) is 0 Å². The molecule has 0 saturated carbocycles. The minimum Gasteiger partial charge on any atom is -0.497 e. The van der Waals surface area contributed by atoms with Crippen LogP contribution in [0.15, 0.2) is 24.3 Å². The molecule has 0 fully saturated rings. The van der Waals surface area contributed by atoms with E-state index in [0.717, 1.165) is 18.8 Å². The van der Waals surface area contributed by atoms with Gasteiger partial charge in [-0.1, -0.05) is 41.5 Å². The van der Waals surface area contributed by atoms with Crippen molar-refractivity contribution in [3.8, 4) is 5.75 Å². The smallest absolute Gasteiger partial charge is 0.119 e. The molecule has 2 nitrogen and oxygen atoms in total. The molecule has 0 amide bonds. The van der Waals surface area contributed by atoms with Crippen LogP contribution in [0.2, 0.25) is 0 Å². The molecule has 1 rings (SSSR count). The molecule has 19 heavy (non-hydrogen) atoms. The molecule has 0 aliphatic rings. The van der Waals surface area contributed by atoms with Gasteiger partial charge >= 0.3 is 0 Å². The molecule has 0 unspecified atom stereocenters. The summed E-state index contributed by atoms with van der Waals surface area (Å²) in [5.41, 5.74) is 1.83. The summed E-state index contributed by atoms with van der Waals surface area (Å²) in [5.74, 6) is 0.912. The van der Waals surface area contributed by atoms with Crippen LogP contribution < -0.4 is 9.64 Å². The van der Waals surface area contributed by atoms with Crippen LogP contribution in [-0.4, -0.2) is 20.2 Å². The van der Waals surface area contributed by atoms with Gasteiger partial charge in [-0.05, 0) is 35.1 Å². The summed E-state index contributed by atoms with van der Waals surface area (Å²) in [7, 11) is 1.71. The average Bonchev–Trinajstić information content (AvgIpc) is 2.24. The molecule has 0 aromatic heterocycles. The van der Waals surface area contributed by atoms with Crippen LogP contribution in [0, 0.1) is 10.8 Å². The first kappa shape index (κ1) is 15.9. The Balaban J connectivity index is 2.94. The molecule has 0 spiro atoms. The fourth-order valence-electron chi connectivity index (χ4n) is 2.18. The van der Waals surface area contributed by atoms with E-state index in [0.29, 0.717) is 0 Å². The first-order valence-corrected chi connectivity index (χ1v) is 7.00. The maximum Gasteiger partial charge on any atom is 0.119 e. The van der Waals surface area contributed by atoms with E-state index in [1.807, 2.05) is 12.1 Å². The van der Waals surface area contributed by atoms with Crippen molar-refractivity contribution in [1.82, 2.24) is 0 Å². The van der Waals surface area contributed by atoms with Gasteiger partial charge in [0.2, 0.25) is 0 Å². The highest BCUT2D eigenvalue weighted by molar-refractivity contribution is 5.49. The third kappa shape index (κ3) is 6.00. The van der Waals surface area contributed by atoms with Gasteiger partial charge in [-0.25, -0.2) is 0 Å². The van der Waals surface area contributed by atoms with Crippen LogP contribution in [0.5, 0.6) is 5.75 Å². The molecular formula is C17H29NO. The van der Waals surface area contributed by atoms with Crippen LogP contribution in [-0.2, 0) is 0 Å². The number of nitrogens with zero attached hydrogens (tertiary/aromatic N) is 1. The highest BCUT2D eigenvalue weighted by atomic mass is 16.5. The Bertz CT molecular complexity index is 365. The number of methoxy groups -OCH3 is 1. The van der Waals surface area contributed by atoms with Crippen LogP contribution in [0.4, 0.5) is 5.69 Å². The topological polar surface area (TPSA) is 12.5 Å². The standard InChI is InChI=1S/C17H29NO/c1-16(2,3)12-18(13-17(4,5)6)14-8-10-15(19-7)11-9-14/h8-11H,12-13H2,1-7H3. The van der Waals surface area contributed by atoms with Crippen LogP contribution in [0.3, 0.4) is 0 Å². The third-order valence-electron chi connectivity index (χ3n) is 2.77. The zero-order valence-corrected chi connectivity index (χ0v) is 13.6. The van der Waals surface area contributed by atoms with E-state index in [1.54, 1.807) is 7.11 Å². The minimum atomic E-state index is 0.283. The van der Waals surface area contributed by atoms with Crippen molar-refractivity contribution in [2.24, 2.45) is 10.8 Å². The van der Waals surface area contributed by atoms with E-state index >= 15 is 0 Å². The van der Waals surface area contributed by atoms with E-state index in [1.165, 1.54) is 5.69 Å². The highest BCUT2D eigenvalue weighted by Gasteiger charge is 2.22. The van der Waals surface area contributed by atoms with Gasteiger partial charge in [0.25, 0.3) is 0 Å².